The summed E-state index contributed by atoms with van der Waals surface area (Å²) in [6, 6.07) is 10.1. The van der Waals surface area contributed by atoms with Crippen LogP contribution in [0.15, 0.2) is 40.9 Å². The molecular formula is C30H33BrN2O5. The van der Waals surface area contributed by atoms with E-state index in [-0.39, 0.29) is 12.0 Å². The number of ether oxygens (including phenoxy) is 4. The number of fused-ring (bicyclic) bond motifs is 3. The number of halogens is 1. The first-order valence-electron chi connectivity index (χ1n) is 13.2. The molecule has 1 aromatic heterocycles. The third-order valence-electron chi connectivity index (χ3n) is 8.63. The zero-order valence-electron chi connectivity index (χ0n) is 22.3. The topological polar surface area (TPSA) is 62.2 Å². The predicted molar refractivity (Wildman–Crippen MR) is 150 cm³/mol. The molecule has 0 spiro atoms. The van der Waals surface area contributed by atoms with Crippen LogP contribution in [-0.2, 0) is 11.2 Å². The van der Waals surface area contributed by atoms with Crippen LogP contribution in [0.5, 0.6) is 17.2 Å². The summed E-state index contributed by atoms with van der Waals surface area (Å²) < 4.78 is 25.7. The molecule has 0 saturated carbocycles. The minimum absolute atomic E-state index is 0.0311. The number of carbonyl (C=O) groups excluding carboxylic acids is 1. The monoisotopic (exact) mass is 580 g/mol. The number of esters is 1. The summed E-state index contributed by atoms with van der Waals surface area (Å²) >= 11 is 3.69. The molecule has 4 heterocycles. The minimum Gasteiger partial charge on any atom is -0.493 e. The predicted octanol–water partition coefficient (Wildman–Crippen LogP) is 6.23. The van der Waals surface area contributed by atoms with Crippen LogP contribution in [0.1, 0.15) is 53.8 Å². The molecule has 2 atom stereocenters. The van der Waals surface area contributed by atoms with Crippen LogP contribution in [0.2, 0.25) is 0 Å². The lowest BCUT2D eigenvalue weighted by Crippen LogP contribution is -2.50. The molecule has 6 rings (SSSR count). The Morgan fingerprint density at radius 3 is 2.53 bits per heavy atom. The van der Waals surface area contributed by atoms with Crippen LogP contribution in [0.3, 0.4) is 0 Å². The highest BCUT2D eigenvalue weighted by molar-refractivity contribution is 9.10. The Morgan fingerprint density at radius 2 is 1.84 bits per heavy atom. The van der Waals surface area contributed by atoms with E-state index in [4.69, 9.17) is 18.9 Å². The van der Waals surface area contributed by atoms with Crippen molar-refractivity contribution in [3.8, 4) is 17.2 Å². The number of hydrogen-bond donors (Lipinski definition) is 0. The van der Waals surface area contributed by atoms with Crippen molar-refractivity contribution in [3.05, 3.63) is 57.7 Å². The van der Waals surface area contributed by atoms with E-state index in [1.165, 1.54) is 49.9 Å². The molecule has 8 heteroatoms. The van der Waals surface area contributed by atoms with Crippen molar-refractivity contribution >= 4 is 38.5 Å². The lowest BCUT2D eigenvalue weighted by molar-refractivity contribution is 0.0254. The molecule has 200 valence electrons. The van der Waals surface area contributed by atoms with Gasteiger partial charge in [-0.2, -0.15) is 0 Å². The van der Waals surface area contributed by atoms with Gasteiger partial charge in [0, 0.05) is 27.5 Å². The van der Waals surface area contributed by atoms with Crippen LogP contribution in [0.4, 0.5) is 0 Å². The number of piperidine rings is 1. The summed E-state index contributed by atoms with van der Waals surface area (Å²) in [6.45, 7) is 4.69. The quantitative estimate of drug-likeness (QED) is 0.309. The summed E-state index contributed by atoms with van der Waals surface area (Å²) in [6.07, 6.45) is 6.81. The van der Waals surface area contributed by atoms with E-state index in [0.29, 0.717) is 28.9 Å². The number of methoxy groups -OCH3 is 3. The van der Waals surface area contributed by atoms with Gasteiger partial charge in [0.1, 0.15) is 6.61 Å². The van der Waals surface area contributed by atoms with Gasteiger partial charge in [0.2, 0.25) is 5.75 Å². The summed E-state index contributed by atoms with van der Waals surface area (Å²) in [7, 11) is 4.61. The van der Waals surface area contributed by atoms with E-state index in [0.717, 1.165) is 42.5 Å². The van der Waals surface area contributed by atoms with Gasteiger partial charge in [0.15, 0.2) is 11.5 Å². The van der Waals surface area contributed by atoms with Crippen molar-refractivity contribution < 1.29 is 23.7 Å². The van der Waals surface area contributed by atoms with E-state index in [1.54, 1.807) is 12.1 Å². The Kier molecular flexibility index (Phi) is 6.43. The van der Waals surface area contributed by atoms with Gasteiger partial charge < -0.3 is 23.5 Å². The molecule has 7 nitrogen and oxygen atoms in total. The van der Waals surface area contributed by atoms with Crippen molar-refractivity contribution in [2.75, 3.05) is 41.0 Å². The van der Waals surface area contributed by atoms with Gasteiger partial charge in [-0.1, -0.05) is 28.9 Å². The molecule has 38 heavy (non-hydrogen) atoms. The summed E-state index contributed by atoms with van der Waals surface area (Å²) in [5, 5.41) is 1.29. The van der Waals surface area contributed by atoms with Gasteiger partial charge in [0.05, 0.1) is 44.1 Å². The third kappa shape index (κ3) is 3.75. The molecule has 3 aromatic rings. The van der Waals surface area contributed by atoms with E-state index in [1.807, 2.05) is 0 Å². The Morgan fingerprint density at radius 1 is 1.08 bits per heavy atom. The molecule has 3 aliphatic heterocycles. The molecular weight excluding hydrogens is 548 g/mol. The van der Waals surface area contributed by atoms with Crippen molar-refractivity contribution in [1.82, 2.24) is 9.47 Å². The Hall–Kier alpha value is -2.97. The molecule has 3 aliphatic rings. The first kappa shape index (κ1) is 25.3. The fourth-order valence-corrected chi connectivity index (χ4v) is 7.30. The lowest BCUT2D eigenvalue weighted by Gasteiger charge is -2.53. The van der Waals surface area contributed by atoms with Crippen LogP contribution in [0, 0.1) is 5.41 Å². The molecule has 2 unspecified atom stereocenters. The summed E-state index contributed by atoms with van der Waals surface area (Å²) in [5.41, 5.74) is 5.40. The molecule has 0 radical (unpaired) electrons. The number of aromatic nitrogens is 1. The number of carbonyl (C=O) groups is 1. The third-order valence-corrected chi connectivity index (χ3v) is 9.12. The number of rotatable bonds is 7. The van der Waals surface area contributed by atoms with Crippen molar-refractivity contribution in [2.24, 2.45) is 5.41 Å². The maximum atomic E-state index is 13.3. The minimum atomic E-state index is -0.434. The Bertz CT molecular complexity index is 1440. The van der Waals surface area contributed by atoms with Gasteiger partial charge in [0.25, 0.3) is 0 Å². The molecule has 0 bridgehead atoms. The van der Waals surface area contributed by atoms with Crippen molar-refractivity contribution in [2.45, 2.75) is 38.6 Å². The molecule has 0 N–H and O–H groups in total. The van der Waals surface area contributed by atoms with E-state index < -0.39 is 5.97 Å². The fourth-order valence-electron chi connectivity index (χ4n) is 6.94. The van der Waals surface area contributed by atoms with Gasteiger partial charge in [-0.25, -0.2) is 4.79 Å². The average Bonchev–Trinajstić information content (AvgIpc) is 3.28. The maximum absolute atomic E-state index is 13.3. The Labute approximate surface area is 231 Å². The molecule has 1 saturated heterocycles. The molecule has 1 fully saturated rings. The van der Waals surface area contributed by atoms with Gasteiger partial charge in [-0.3, -0.25) is 4.90 Å². The van der Waals surface area contributed by atoms with Crippen LogP contribution in [-0.4, -0.2) is 56.5 Å². The second kappa shape index (κ2) is 9.65. The first-order chi connectivity index (χ1) is 18.4. The fraction of sp³-hybridized carbons (Fsp3) is 0.433. The van der Waals surface area contributed by atoms with E-state index in [9.17, 15) is 4.79 Å². The largest absolute Gasteiger partial charge is 0.493 e. The van der Waals surface area contributed by atoms with Gasteiger partial charge >= 0.3 is 5.97 Å². The lowest BCUT2D eigenvalue weighted by atomic mass is 9.66. The van der Waals surface area contributed by atoms with E-state index in [2.05, 4.69) is 56.6 Å². The zero-order chi connectivity index (χ0) is 26.6. The summed E-state index contributed by atoms with van der Waals surface area (Å²) in [4.78, 5) is 16.0. The zero-order valence-corrected chi connectivity index (χ0v) is 23.9. The van der Waals surface area contributed by atoms with Gasteiger partial charge in [-0.15, -0.1) is 0 Å². The number of benzene rings is 2. The smallest absolute Gasteiger partial charge is 0.338 e. The average molecular weight is 582 g/mol. The second-order valence-electron chi connectivity index (χ2n) is 10.4. The van der Waals surface area contributed by atoms with E-state index >= 15 is 0 Å². The van der Waals surface area contributed by atoms with Crippen LogP contribution in [0.25, 0.3) is 16.6 Å². The molecule has 0 aliphatic carbocycles. The van der Waals surface area contributed by atoms with Crippen LogP contribution < -0.4 is 14.2 Å². The van der Waals surface area contributed by atoms with Crippen molar-refractivity contribution in [1.29, 1.82) is 0 Å². The first-order valence-corrected chi connectivity index (χ1v) is 14.0. The second-order valence-corrected chi connectivity index (χ2v) is 11.3. The highest BCUT2D eigenvalue weighted by Gasteiger charge is 2.50. The maximum Gasteiger partial charge on any atom is 0.338 e. The van der Waals surface area contributed by atoms with Gasteiger partial charge in [-0.05, 0) is 68.1 Å². The molecule has 2 aromatic carbocycles. The Balaban J connectivity index is 1.41. The van der Waals surface area contributed by atoms with Crippen LogP contribution >= 0.6 is 15.9 Å². The molecule has 0 amide bonds. The normalized spacial score (nSPS) is 22.0. The standard InChI is InChI=1S/C30H33BrN2O5/c1-5-30-10-6-11-32-12-9-21-22-15-19(31)7-8-23(22)33(26(21)28(30)32)20(16-30)17-38-29(34)18-13-24(35-2)27(37-4)25(14-18)36-3/h7-8,13-16,28H,5-6,9-12,17H2,1-4H3. The summed E-state index contributed by atoms with van der Waals surface area (Å²) in [5.74, 6) is 0.843. The SMILES string of the molecule is CCC12C=C(COC(=O)c3cc(OC)c(OC)c(OC)c3)n3c4c(c5cc(Br)ccc53)CCN(CCC1)C42. The number of hydrogen-bond acceptors (Lipinski definition) is 6. The highest BCUT2D eigenvalue weighted by atomic mass is 79.9. The number of nitrogens with zero attached hydrogens (tertiary/aromatic N) is 2. The van der Waals surface area contributed by atoms with Crippen molar-refractivity contribution in [3.63, 3.8) is 0 Å². The highest BCUT2D eigenvalue weighted by Crippen LogP contribution is 2.57.